The second-order valence-electron chi connectivity index (χ2n) is 10.7. The molecule has 7 heteroatoms. The van der Waals surface area contributed by atoms with Crippen LogP contribution >= 0.6 is 0 Å². The van der Waals surface area contributed by atoms with Crippen LogP contribution < -0.4 is 10.9 Å². The van der Waals surface area contributed by atoms with E-state index in [0.29, 0.717) is 18.7 Å². The molecule has 2 aliphatic heterocycles. The summed E-state index contributed by atoms with van der Waals surface area (Å²) in [6.07, 6.45) is 8.56. The molecule has 1 aromatic carbocycles. The Kier molecular flexibility index (Phi) is 6.65. The van der Waals surface area contributed by atoms with Crippen LogP contribution in [0.1, 0.15) is 43.0 Å². The lowest BCUT2D eigenvalue weighted by molar-refractivity contribution is -0.128. The van der Waals surface area contributed by atoms with E-state index in [1.54, 1.807) is 12.4 Å². The molecule has 0 spiro atoms. The van der Waals surface area contributed by atoms with Gasteiger partial charge in [-0.3, -0.25) is 19.5 Å². The molecule has 0 radical (unpaired) electrons. The smallest absolute Gasteiger partial charge is 0.258 e. The number of likely N-dealkylation sites (tertiary alicyclic amines) is 1. The van der Waals surface area contributed by atoms with Crippen LogP contribution in [0.15, 0.2) is 71.8 Å². The summed E-state index contributed by atoms with van der Waals surface area (Å²) in [4.78, 5) is 33.7. The van der Waals surface area contributed by atoms with Crippen molar-refractivity contribution in [2.75, 3.05) is 13.2 Å². The maximum atomic E-state index is 13.7. The topological polar surface area (TPSA) is 87.5 Å². The van der Waals surface area contributed by atoms with E-state index in [9.17, 15) is 14.7 Å². The van der Waals surface area contributed by atoms with E-state index in [1.165, 1.54) is 5.56 Å². The quantitative estimate of drug-likeness (QED) is 0.523. The molecule has 37 heavy (non-hydrogen) atoms. The first-order chi connectivity index (χ1) is 18.2. The average Bonchev–Trinajstić information content (AvgIpc) is 3.64. The number of carbonyl (C=O) groups is 1. The average molecular weight is 499 g/mol. The van der Waals surface area contributed by atoms with Gasteiger partial charge in [-0.2, -0.15) is 0 Å². The van der Waals surface area contributed by atoms with E-state index in [0.717, 1.165) is 43.4 Å². The summed E-state index contributed by atoms with van der Waals surface area (Å²) in [5.41, 5.74) is 3.54. The molecule has 3 aromatic rings. The van der Waals surface area contributed by atoms with Gasteiger partial charge < -0.3 is 15.0 Å². The van der Waals surface area contributed by atoms with Crippen LogP contribution in [-0.2, 0) is 17.8 Å². The first kappa shape index (κ1) is 24.1. The van der Waals surface area contributed by atoms with Crippen LogP contribution in [-0.4, -0.2) is 50.7 Å². The third kappa shape index (κ3) is 4.40. The molecule has 192 valence electrons. The minimum Gasteiger partial charge on any atom is -0.396 e. The van der Waals surface area contributed by atoms with Gasteiger partial charge in [0.1, 0.15) is 0 Å². The predicted octanol–water partition coefficient (Wildman–Crippen LogP) is 3.18. The van der Waals surface area contributed by atoms with Crippen molar-refractivity contribution in [3.8, 4) is 11.1 Å². The van der Waals surface area contributed by atoms with E-state index in [-0.39, 0.29) is 42.0 Å². The summed E-state index contributed by atoms with van der Waals surface area (Å²) >= 11 is 0. The van der Waals surface area contributed by atoms with E-state index in [1.807, 2.05) is 47.0 Å². The molecule has 1 aliphatic carbocycles. The van der Waals surface area contributed by atoms with Gasteiger partial charge in [0.15, 0.2) is 0 Å². The van der Waals surface area contributed by atoms with Crippen molar-refractivity contribution in [2.24, 2.45) is 11.8 Å². The third-order valence-electron chi connectivity index (χ3n) is 8.64. The highest BCUT2D eigenvalue weighted by Gasteiger charge is 2.55. The molecule has 2 fully saturated rings. The van der Waals surface area contributed by atoms with Gasteiger partial charge in [0.05, 0.1) is 12.1 Å². The Bertz CT molecular complexity index is 1300. The Morgan fingerprint density at radius 3 is 2.59 bits per heavy atom. The Labute approximate surface area is 217 Å². The van der Waals surface area contributed by atoms with Crippen molar-refractivity contribution < 1.29 is 9.90 Å². The standard InChI is InChI=1S/C30H34N4O3/c35-19-25-24-18-34-26(13-12-23(30(34)37)21-9-6-15-31-17-21)27(24)33(16-14-20-7-2-1-3-8-20)28(25)29(36)32-22-10-4-5-11-22/h1-3,6-9,12-13,15,17,22,24-25,27-28,35H,4-5,10-11,14,16,18-19H2,(H,32,36)/t24-,25-,27+,28-/m1/s1. The number of nitrogens with zero attached hydrogens (tertiary/aromatic N) is 3. The molecule has 7 nitrogen and oxygen atoms in total. The number of nitrogens with one attached hydrogen (secondary N) is 1. The fourth-order valence-corrected chi connectivity index (χ4v) is 6.87. The molecule has 1 amide bonds. The van der Waals surface area contributed by atoms with Gasteiger partial charge >= 0.3 is 0 Å². The number of carbonyl (C=O) groups excluding carboxylic acids is 1. The Hall–Kier alpha value is -3.29. The SMILES string of the molecule is O=C(NC1CCCC1)[C@H]1[C@H](CO)[C@H]2Cn3c(ccc(-c4cccnc4)c3=O)[C@H]2N1CCc1ccccc1. The van der Waals surface area contributed by atoms with Gasteiger partial charge in [0, 0.05) is 66.8 Å². The molecule has 2 aromatic heterocycles. The number of hydrogen-bond acceptors (Lipinski definition) is 5. The van der Waals surface area contributed by atoms with E-state index >= 15 is 0 Å². The first-order valence-corrected chi connectivity index (χ1v) is 13.5. The zero-order chi connectivity index (χ0) is 25.4. The van der Waals surface area contributed by atoms with E-state index < -0.39 is 6.04 Å². The van der Waals surface area contributed by atoms with Gasteiger partial charge in [-0.25, -0.2) is 0 Å². The summed E-state index contributed by atoms with van der Waals surface area (Å²) in [6, 6.07) is 17.7. The van der Waals surface area contributed by atoms with E-state index in [2.05, 4.69) is 27.3 Å². The lowest BCUT2D eigenvalue weighted by Crippen LogP contribution is -2.51. The number of hydrogen-bond donors (Lipinski definition) is 2. The second-order valence-corrected chi connectivity index (χ2v) is 10.7. The molecule has 0 bridgehead atoms. The molecule has 3 aliphatic rings. The zero-order valence-electron chi connectivity index (χ0n) is 21.0. The normalized spacial score (nSPS) is 25.2. The largest absolute Gasteiger partial charge is 0.396 e. The van der Waals surface area contributed by atoms with Gasteiger partial charge in [0.2, 0.25) is 5.91 Å². The molecule has 2 N–H and O–H groups in total. The highest BCUT2D eigenvalue weighted by molar-refractivity contribution is 5.83. The monoisotopic (exact) mass is 498 g/mol. The number of fused-ring (bicyclic) bond motifs is 3. The summed E-state index contributed by atoms with van der Waals surface area (Å²) in [6.45, 7) is 1.11. The van der Waals surface area contributed by atoms with Gasteiger partial charge in [-0.05, 0) is 43.0 Å². The molecule has 6 rings (SSSR count). The number of rotatable bonds is 7. The highest BCUT2D eigenvalue weighted by Crippen LogP contribution is 2.49. The number of amides is 1. The maximum Gasteiger partial charge on any atom is 0.258 e. The van der Waals surface area contributed by atoms with Crippen molar-refractivity contribution in [3.05, 3.63) is 88.6 Å². The van der Waals surface area contributed by atoms with E-state index in [4.69, 9.17) is 0 Å². The second kappa shape index (κ2) is 10.2. The summed E-state index contributed by atoms with van der Waals surface area (Å²) in [7, 11) is 0. The van der Waals surface area contributed by atoms with Crippen molar-refractivity contribution in [3.63, 3.8) is 0 Å². The van der Waals surface area contributed by atoms with Crippen molar-refractivity contribution >= 4 is 5.91 Å². The van der Waals surface area contributed by atoms with Crippen LogP contribution in [0.25, 0.3) is 11.1 Å². The van der Waals surface area contributed by atoms with Crippen molar-refractivity contribution in [2.45, 2.75) is 56.8 Å². The van der Waals surface area contributed by atoms with Gasteiger partial charge in [-0.1, -0.05) is 49.2 Å². The fraction of sp³-hybridized carbons (Fsp3) is 0.433. The number of aromatic nitrogens is 2. The predicted molar refractivity (Wildman–Crippen MR) is 142 cm³/mol. The molecule has 4 heterocycles. The Morgan fingerprint density at radius 2 is 1.86 bits per heavy atom. The minimum absolute atomic E-state index is 0.00282. The first-order valence-electron chi connectivity index (χ1n) is 13.5. The number of aliphatic hydroxyl groups excluding tert-OH is 1. The molecule has 4 atom stereocenters. The highest BCUT2D eigenvalue weighted by atomic mass is 16.3. The summed E-state index contributed by atoms with van der Waals surface area (Å²) < 4.78 is 1.86. The lowest BCUT2D eigenvalue weighted by atomic mass is 9.88. The van der Waals surface area contributed by atoms with Crippen LogP contribution in [0.3, 0.4) is 0 Å². The fourth-order valence-electron chi connectivity index (χ4n) is 6.87. The zero-order valence-corrected chi connectivity index (χ0v) is 21.0. The maximum absolute atomic E-state index is 13.7. The van der Waals surface area contributed by atoms with Gasteiger partial charge in [0.25, 0.3) is 5.56 Å². The van der Waals surface area contributed by atoms with Crippen LogP contribution in [0.5, 0.6) is 0 Å². The number of pyridine rings is 2. The third-order valence-corrected chi connectivity index (χ3v) is 8.64. The van der Waals surface area contributed by atoms with Crippen molar-refractivity contribution in [1.82, 2.24) is 19.8 Å². The molecule has 1 saturated heterocycles. The Morgan fingerprint density at radius 1 is 1.05 bits per heavy atom. The lowest BCUT2D eigenvalue weighted by Gasteiger charge is -2.31. The van der Waals surface area contributed by atoms with Crippen molar-refractivity contribution in [1.29, 1.82) is 0 Å². The summed E-state index contributed by atoms with van der Waals surface area (Å²) in [5.74, 6) is -0.213. The van der Waals surface area contributed by atoms with Gasteiger partial charge in [-0.15, -0.1) is 0 Å². The van der Waals surface area contributed by atoms with Crippen LogP contribution in [0.2, 0.25) is 0 Å². The summed E-state index contributed by atoms with van der Waals surface area (Å²) in [5, 5.41) is 13.9. The van der Waals surface area contributed by atoms with Crippen LogP contribution in [0.4, 0.5) is 0 Å². The molecular formula is C30H34N4O3. The number of aliphatic hydroxyl groups is 1. The molecule has 1 saturated carbocycles. The molecular weight excluding hydrogens is 464 g/mol. The minimum atomic E-state index is -0.411. The Balaban J connectivity index is 1.36. The number of benzene rings is 1. The molecule has 0 unspecified atom stereocenters. The van der Waals surface area contributed by atoms with Crippen LogP contribution in [0, 0.1) is 11.8 Å².